The highest BCUT2D eigenvalue weighted by Crippen LogP contribution is 2.22. The van der Waals surface area contributed by atoms with Crippen molar-refractivity contribution >= 4 is 28.7 Å². The van der Waals surface area contributed by atoms with E-state index in [1.54, 1.807) is 12.3 Å². The normalized spacial score (nSPS) is 10.1. The summed E-state index contributed by atoms with van der Waals surface area (Å²) < 4.78 is 0. The Morgan fingerprint density at radius 1 is 1.28 bits per heavy atom. The average Bonchev–Trinajstić information content (AvgIpc) is 2.34. The van der Waals surface area contributed by atoms with E-state index in [9.17, 15) is 0 Å². The number of thiocarbonyl (C=S) groups is 1. The molecule has 92 valence electrons. The molecule has 0 unspecified atom stereocenters. The maximum absolute atomic E-state index is 5.66. The summed E-state index contributed by atoms with van der Waals surface area (Å²) in [6.45, 7) is 4.06. The Kier molecular flexibility index (Phi) is 3.53. The summed E-state index contributed by atoms with van der Waals surface area (Å²) in [4.78, 5) is 0.303. The standard InChI is InChI=1S/C13H14N4S/c1-8-3-4-9(2)11(7-8)16-13-10(12(14)18)5-6-15-17-13/h3-7H,1-2H3,(H2,14,18)(H,16,17). The molecule has 0 bridgehead atoms. The molecule has 0 aliphatic rings. The first-order valence-corrected chi connectivity index (χ1v) is 5.94. The molecule has 3 N–H and O–H groups in total. The first-order chi connectivity index (χ1) is 8.58. The number of rotatable bonds is 3. The van der Waals surface area contributed by atoms with E-state index in [-0.39, 0.29) is 0 Å². The highest BCUT2D eigenvalue weighted by Gasteiger charge is 2.08. The fourth-order valence-corrected chi connectivity index (χ4v) is 1.79. The lowest BCUT2D eigenvalue weighted by Gasteiger charge is -2.11. The summed E-state index contributed by atoms with van der Waals surface area (Å²) in [5.74, 6) is 0.582. The van der Waals surface area contributed by atoms with Crippen LogP contribution in [-0.2, 0) is 0 Å². The smallest absolute Gasteiger partial charge is 0.163 e. The van der Waals surface area contributed by atoms with Gasteiger partial charge in [0.05, 0.1) is 11.8 Å². The zero-order valence-electron chi connectivity index (χ0n) is 10.3. The summed E-state index contributed by atoms with van der Waals surface area (Å²) in [5, 5.41) is 11.1. The van der Waals surface area contributed by atoms with Crippen molar-refractivity contribution < 1.29 is 0 Å². The Labute approximate surface area is 111 Å². The average molecular weight is 258 g/mol. The van der Waals surface area contributed by atoms with E-state index in [4.69, 9.17) is 18.0 Å². The molecule has 4 nitrogen and oxygen atoms in total. The number of benzene rings is 1. The Bertz CT molecular complexity index is 595. The van der Waals surface area contributed by atoms with E-state index < -0.39 is 0 Å². The summed E-state index contributed by atoms with van der Waals surface area (Å²) in [6.07, 6.45) is 1.57. The lowest BCUT2D eigenvalue weighted by molar-refractivity contribution is 1.03. The largest absolute Gasteiger partial charge is 0.389 e. The molecule has 1 heterocycles. The Morgan fingerprint density at radius 3 is 2.78 bits per heavy atom. The number of nitrogens with two attached hydrogens (primary N) is 1. The summed E-state index contributed by atoms with van der Waals surface area (Å²) >= 11 is 4.99. The quantitative estimate of drug-likeness (QED) is 0.828. The summed E-state index contributed by atoms with van der Waals surface area (Å²) in [7, 11) is 0. The maximum Gasteiger partial charge on any atom is 0.163 e. The lowest BCUT2D eigenvalue weighted by atomic mass is 10.1. The van der Waals surface area contributed by atoms with Gasteiger partial charge in [-0.2, -0.15) is 5.10 Å². The second-order valence-corrected chi connectivity index (χ2v) is 4.54. The molecule has 0 radical (unpaired) electrons. The van der Waals surface area contributed by atoms with Gasteiger partial charge in [-0.05, 0) is 37.1 Å². The zero-order chi connectivity index (χ0) is 13.1. The van der Waals surface area contributed by atoms with Gasteiger partial charge in [0.15, 0.2) is 5.82 Å². The van der Waals surface area contributed by atoms with Gasteiger partial charge in [0.25, 0.3) is 0 Å². The van der Waals surface area contributed by atoms with Crippen LogP contribution in [0.1, 0.15) is 16.7 Å². The van der Waals surface area contributed by atoms with Gasteiger partial charge in [-0.1, -0.05) is 24.4 Å². The molecule has 18 heavy (non-hydrogen) atoms. The first-order valence-electron chi connectivity index (χ1n) is 5.53. The second-order valence-electron chi connectivity index (χ2n) is 4.10. The van der Waals surface area contributed by atoms with E-state index in [0.29, 0.717) is 16.4 Å². The molecule has 0 saturated heterocycles. The van der Waals surface area contributed by atoms with Gasteiger partial charge < -0.3 is 11.1 Å². The molecule has 0 aliphatic carbocycles. The highest BCUT2D eigenvalue weighted by molar-refractivity contribution is 7.80. The van der Waals surface area contributed by atoms with Crippen molar-refractivity contribution in [3.05, 3.63) is 47.2 Å². The van der Waals surface area contributed by atoms with Gasteiger partial charge in [-0.25, -0.2) is 0 Å². The van der Waals surface area contributed by atoms with Crippen molar-refractivity contribution in [3.8, 4) is 0 Å². The number of nitrogens with one attached hydrogen (secondary N) is 1. The topological polar surface area (TPSA) is 63.8 Å². The second kappa shape index (κ2) is 5.10. The SMILES string of the molecule is Cc1ccc(C)c(Nc2nnccc2C(N)=S)c1. The number of nitrogens with zero attached hydrogens (tertiary/aromatic N) is 2. The molecule has 2 rings (SSSR count). The van der Waals surface area contributed by atoms with Crippen LogP contribution in [0.2, 0.25) is 0 Å². The van der Waals surface area contributed by atoms with Gasteiger partial charge in [0.1, 0.15) is 4.99 Å². The van der Waals surface area contributed by atoms with E-state index in [1.165, 1.54) is 5.56 Å². The Balaban J connectivity index is 2.40. The predicted octanol–water partition coefficient (Wildman–Crippen LogP) is 2.47. The molecule has 5 heteroatoms. The predicted molar refractivity (Wildman–Crippen MR) is 77.1 cm³/mol. The molecular weight excluding hydrogens is 244 g/mol. The van der Waals surface area contributed by atoms with Crippen molar-refractivity contribution in [2.45, 2.75) is 13.8 Å². The fraction of sp³-hybridized carbons (Fsp3) is 0.154. The third kappa shape index (κ3) is 2.62. The van der Waals surface area contributed by atoms with Crippen LogP contribution in [0.3, 0.4) is 0 Å². The molecule has 0 atom stereocenters. The number of hydrogen-bond acceptors (Lipinski definition) is 4. The Morgan fingerprint density at radius 2 is 2.06 bits per heavy atom. The van der Waals surface area contributed by atoms with E-state index in [1.807, 2.05) is 19.9 Å². The van der Waals surface area contributed by atoms with E-state index in [0.717, 1.165) is 11.3 Å². The number of aryl methyl sites for hydroxylation is 2. The zero-order valence-corrected chi connectivity index (χ0v) is 11.1. The minimum absolute atomic E-state index is 0.303. The molecule has 0 spiro atoms. The van der Waals surface area contributed by atoms with Gasteiger partial charge in [0, 0.05) is 5.69 Å². The minimum atomic E-state index is 0.303. The van der Waals surface area contributed by atoms with Gasteiger partial charge in [-0.15, -0.1) is 5.10 Å². The third-order valence-corrected chi connectivity index (χ3v) is 2.85. The van der Waals surface area contributed by atoms with Crippen LogP contribution < -0.4 is 11.1 Å². The Hall–Kier alpha value is -2.01. The molecular formula is C13H14N4S. The monoisotopic (exact) mass is 258 g/mol. The lowest BCUT2D eigenvalue weighted by Crippen LogP contribution is -2.13. The summed E-state index contributed by atoms with van der Waals surface area (Å²) in [6, 6.07) is 7.91. The fourth-order valence-electron chi connectivity index (χ4n) is 1.62. The van der Waals surface area contributed by atoms with Crippen molar-refractivity contribution in [2.24, 2.45) is 5.73 Å². The molecule has 0 aliphatic heterocycles. The van der Waals surface area contributed by atoms with Crippen LogP contribution in [0.15, 0.2) is 30.5 Å². The van der Waals surface area contributed by atoms with Gasteiger partial charge in [-0.3, -0.25) is 0 Å². The molecule has 0 saturated carbocycles. The van der Waals surface area contributed by atoms with Crippen LogP contribution >= 0.6 is 12.2 Å². The van der Waals surface area contributed by atoms with Crippen LogP contribution in [0.5, 0.6) is 0 Å². The first kappa shape index (κ1) is 12.4. The van der Waals surface area contributed by atoms with Crippen LogP contribution in [-0.4, -0.2) is 15.2 Å². The van der Waals surface area contributed by atoms with Crippen molar-refractivity contribution in [2.75, 3.05) is 5.32 Å². The molecule has 0 fully saturated rings. The summed E-state index contributed by atoms with van der Waals surface area (Å²) in [5.41, 5.74) is 9.63. The van der Waals surface area contributed by atoms with Crippen molar-refractivity contribution in [1.29, 1.82) is 0 Å². The van der Waals surface area contributed by atoms with Crippen LogP contribution in [0, 0.1) is 13.8 Å². The van der Waals surface area contributed by atoms with Gasteiger partial charge in [0.2, 0.25) is 0 Å². The molecule has 1 aromatic carbocycles. The number of anilines is 2. The van der Waals surface area contributed by atoms with Crippen LogP contribution in [0.25, 0.3) is 0 Å². The van der Waals surface area contributed by atoms with E-state index >= 15 is 0 Å². The molecule has 1 aromatic heterocycles. The van der Waals surface area contributed by atoms with Crippen molar-refractivity contribution in [1.82, 2.24) is 10.2 Å². The number of hydrogen-bond donors (Lipinski definition) is 2. The highest BCUT2D eigenvalue weighted by atomic mass is 32.1. The molecule has 0 amide bonds. The minimum Gasteiger partial charge on any atom is -0.389 e. The maximum atomic E-state index is 5.66. The van der Waals surface area contributed by atoms with Crippen LogP contribution in [0.4, 0.5) is 11.5 Å². The van der Waals surface area contributed by atoms with Crippen molar-refractivity contribution in [3.63, 3.8) is 0 Å². The van der Waals surface area contributed by atoms with Gasteiger partial charge >= 0.3 is 0 Å². The number of aromatic nitrogens is 2. The third-order valence-electron chi connectivity index (χ3n) is 2.63. The van der Waals surface area contributed by atoms with E-state index in [2.05, 4.69) is 27.6 Å². The molecule has 2 aromatic rings.